The number of aromatic nitrogens is 6. The quantitative estimate of drug-likeness (QED) is 0.330. The Morgan fingerprint density at radius 1 is 1.14 bits per heavy atom. The lowest BCUT2D eigenvalue weighted by Crippen LogP contribution is -2.53. The van der Waals surface area contributed by atoms with Gasteiger partial charge >= 0.3 is 6.18 Å². The van der Waals surface area contributed by atoms with Crippen LogP contribution in [0.1, 0.15) is 23.4 Å². The molecule has 4 heterocycles. The van der Waals surface area contributed by atoms with Crippen molar-refractivity contribution in [1.82, 2.24) is 29.8 Å². The molecule has 1 aliphatic rings. The molecular weight excluding hydrogens is 560 g/mol. The first kappa shape index (κ1) is 26.0. The van der Waals surface area contributed by atoms with Gasteiger partial charge in [0.15, 0.2) is 0 Å². The van der Waals surface area contributed by atoms with Crippen LogP contribution in [0.15, 0.2) is 42.9 Å². The number of hydrogen-bond donors (Lipinski definition) is 3. The molecule has 1 aliphatic heterocycles. The van der Waals surface area contributed by atoms with Gasteiger partial charge in [0.25, 0.3) is 0 Å². The van der Waals surface area contributed by atoms with E-state index in [1.807, 2.05) is 0 Å². The standard InChI is InChI=1S/C21H17Cl2F3N6O4S/c22-9-1-2-10(21(24,25)26)13(5-9)32-12(3-4-28-32)19-18(35)16(17(34)14(8-33)36-19)31-7-11(29-30-31)20-27-6-15(23)37-20/h1-7,14,16-19,33-35H,8H2/t14?,16-,17-,18?,19-/m0/s1. The maximum atomic E-state index is 13.8. The maximum Gasteiger partial charge on any atom is 0.418 e. The molecule has 0 aliphatic carbocycles. The summed E-state index contributed by atoms with van der Waals surface area (Å²) in [5, 5.41) is 44.5. The fourth-order valence-corrected chi connectivity index (χ4v) is 5.23. The molecular formula is C21H17Cl2F3N6O4S. The monoisotopic (exact) mass is 576 g/mol. The van der Waals surface area contributed by atoms with Gasteiger partial charge in [0.1, 0.15) is 45.5 Å². The molecule has 196 valence electrons. The highest BCUT2D eigenvalue weighted by Crippen LogP contribution is 2.41. The van der Waals surface area contributed by atoms with E-state index < -0.39 is 48.8 Å². The second-order valence-electron chi connectivity index (χ2n) is 8.13. The van der Waals surface area contributed by atoms with E-state index in [9.17, 15) is 28.5 Å². The Balaban J connectivity index is 1.55. The van der Waals surface area contributed by atoms with Crippen molar-refractivity contribution in [2.75, 3.05) is 6.61 Å². The minimum atomic E-state index is -4.72. The molecule has 1 saturated heterocycles. The fraction of sp³-hybridized carbons (Fsp3) is 0.333. The van der Waals surface area contributed by atoms with Gasteiger partial charge in [0.05, 0.1) is 35.9 Å². The van der Waals surface area contributed by atoms with Crippen LogP contribution in [0.4, 0.5) is 13.2 Å². The molecule has 0 bridgehead atoms. The molecule has 1 fully saturated rings. The number of hydrogen-bond acceptors (Lipinski definition) is 9. The van der Waals surface area contributed by atoms with Crippen molar-refractivity contribution in [2.45, 2.75) is 36.6 Å². The van der Waals surface area contributed by atoms with Gasteiger partial charge in [-0.05, 0) is 24.3 Å². The molecule has 0 amide bonds. The fourth-order valence-electron chi connectivity index (χ4n) is 4.20. The summed E-state index contributed by atoms with van der Waals surface area (Å²) in [4.78, 5) is 4.12. The summed E-state index contributed by atoms with van der Waals surface area (Å²) in [6.45, 7) is -0.649. The van der Waals surface area contributed by atoms with Gasteiger partial charge in [-0.1, -0.05) is 28.4 Å². The average Bonchev–Trinajstić information content (AvgIpc) is 3.59. The third kappa shape index (κ3) is 4.85. The smallest absolute Gasteiger partial charge is 0.394 e. The lowest BCUT2D eigenvalue weighted by Gasteiger charge is -2.42. The van der Waals surface area contributed by atoms with E-state index in [2.05, 4.69) is 20.4 Å². The summed E-state index contributed by atoms with van der Waals surface area (Å²) in [5.41, 5.74) is -1.05. The number of aliphatic hydroxyl groups excluding tert-OH is 3. The van der Waals surface area contributed by atoms with Gasteiger partial charge in [0.2, 0.25) is 0 Å². The number of aliphatic hydroxyl groups is 3. The van der Waals surface area contributed by atoms with E-state index in [1.165, 1.54) is 29.3 Å². The SMILES string of the molecule is OCC1O[C@@H](c2ccnn2-c2cc(Cl)ccc2C(F)(F)F)C(O)[C@@H](n2cc(-c3ncc(Cl)s3)nn2)[C@H]1O. The second-order valence-corrected chi connectivity index (χ2v) is 10.2. The van der Waals surface area contributed by atoms with Crippen molar-refractivity contribution in [1.29, 1.82) is 0 Å². The van der Waals surface area contributed by atoms with Crippen LogP contribution in [0, 0.1) is 0 Å². The molecule has 10 nitrogen and oxygen atoms in total. The van der Waals surface area contributed by atoms with E-state index in [0.717, 1.165) is 34.2 Å². The van der Waals surface area contributed by atoms with Gasteiger partial charge in [-0.15, -0.1) is 16.4 Å². The summed E-state index contributed by atoms with van der Waals surface area (Å²) in [6, 6.07) is 3.19. The molecule has 16 heteroatoms. The van der Waals surface area contributed by atoms with E-state index in [4.69, 9.17) is 27.9 Å². The first-order chi connectivity index (χ1) is 17.6. The molecule has 0 spiro atoms. The molecule has 1 aromatic carbocycles. The van der Waals surface area contributed by atoms with Crippen molar-refractivity contribution >= 4 is 34.5 Å². The Hall–Kier alpha value is -2.59. The van der Waals surface area contributed by atoms with Gasteiger partial charge < -0.3 is 20.1 Å². The lowest BCUT2D eigenvalue weighted by molar-refractivity contribution is -0.209. The van der Waals surface area contributed by atoms with Crippen LogP contribution in [0.3, 0.4) is 0 Å². The van der Waals surface area contributed by atoms with Gasteiger partial charge in [-0.2, -0.15) is 18.3 Å². The molecule has 4 aromatic rings. The number of benzene rings is 1. The first-order valence-electron chi connectivity index (χ1n) is 10.7. The van der Waals surface area contributed by atoms with E-state index >= 15 is 0 Å². The molecule has 5 rings (SSSR count). The highest BCUT2D eigenvalue weighted by atomic mass is 35.5. The summed E-state index contributed by atoms with van der Waals surface area (Å²) in [7, 11) is 0. The van der Waals surface area contributed by atoms with Crippen LogP contribution >= 0.6 is 34.5 Å². The maximum absolute atomic E-state index is 13.8. The van der Waals surface area contributed by atoms with Crippen molar-refractivity contribution in [3.63, 3.8) is 0 Å². The molecule has 3 N–H and O–H groups in total. The lowest BCUT2D eigenvalue weighted by atomic mass is 9.91. The summed E-state index contributed by atoms with van der Waals surface area (Å²) in [5.74, 6) is 0. The van der Waals surface area contributed by atoms with E-state index in [0.29, 0.717) is 15.0 Å². The summed E-state index contributed by atoms with van der Waals surface area (Å²) >= 11 is 13.1. The molecule has 0 radical (unpaired) electrons. The van der Waals surface area contributed by atoms with Crippen LogP contribution in [0.25, 0.3) is 16.4 Å². The molecule has 37 heavy (non-hydrogen) atoms. The Kier molecular flexibility index (Phi) is 7.00. The topological polar surface area (TPSA) is 131 Å². The van der Waals surface area contributed by atoms with Crippen LogP contribution in [-0.4, -0.2) is 70.0 Å². The number of halogens is 5. The van der Waals surface area contributed by atoms with E-state index in [1.54, 1.807) is 0 Å². The Bertz CT molecular complexity index is 1410. The van der Waals surface area contributed by atoms with Crippen molar-refractivity contribution in [3.05, 3.63) is 63.5 Å². The molecule has 0 saturated carbocycles. The third-order valence-corrected chi connectivity index (χ3v) is 7.23. The van der Waals surface area contributed by atoms with Crippen LogP contribution < -0.4 is 0 Å². The van der Waals surface area contributed by atoms with Gasteiger partial charge in [0, 0.05) is 11.2 Å². The normalized spacial score (nSPS) is 24.5. The molecule has 5 atom stereocenters. The Labute approximate surface area is 220 Å². The molecule has 3 aromatic heterocycles. The van der Waals surface area contributed by atoms with Crippen LogP contribution in [0.2, 0.25) is 9.36 Å². The zero-order valence-electron chi connectivity index (χ0n) is 18.4. The van der Waals surface area contributed by atoms with Crippen LogP contribution in [-0.2, 0) is 10.9 Å². The number of rotatable bonds is 5. The third-order valence-electron chi connectivity index (χ3n) is 5.86. The number of ether oxygens (including phenoxy) is 1. The Morgan fingerprint density at radius 2 is 1.92 bits per heavy atom. The minimum Gasteiger partial charge on any atom is -0.394 e. The average molecular weight is 577 g/mol. The number of nitrogens with zero attached hydrogens (tertiary/aromatic N) is 6. The zero-order chi connectivity index (χ0) is 26.5. The summed E-state index contributed by atoms with van der Waals surface area (Å²) < 4.78 is 49.6. The van der Waals surface area contributed by atoms with Crippen molar-refractivity contribution in [3.8, 4) is 16.4 Å². The number of thiazole rings is 1. The first-order valence-corrected chi connectivity index (χ1v) is 12.2. The highest BCUT2D eigenvalue weighted by molar-refractivity contribution is 7.18. The van der Waals surface area contributed by atoms with Crippen LogP contribution in [0.5, 0.6) is 0 Å². The largest absolute Gasteiger partial charge is 0.418 e. The van der Waals surface area contributed by atoms with E-state index in [-0.39, 0.29) is 16.4 Å². The summed E-state index contributed by atoms with van der Waals surface area (Å²) in [6.07, 6.45) is -6.16. The Morgan fingerprint density at radius 3 is 2.59 bits per heavy atom. The van der Waals surface area contributed by atoms with Gasteiger partial charge in [-0.25, -0.2) is 14.3 Å². The predicted octanol–water partition coefficient (Wildman–Crippen LogP) is 3.31. The second kappa shape index (κ2) is 9.94. The predicted molar refractivity (Wildman–Crippen MR) is 125 cm³/mol. The minimum absolute atomic E-state index is 0.0302. The number of alkyl halides is 3. The van der Waals surface area contributed by atoms with Gasteiger partial charge in [-0.3, -0.25) is 0 Å². The highest BCUT2D eigenvalue weighted by Gasteiger charge is 2.48. The molecule has 2 unspecified atom stereocenters. The van der Waals surface area contributed by atoms with Crippen molar-refractivity contribution in [2.24, 2.45) is 0 Å². The van der Waals surface area contributed by atoms with Crippen molar-refractivity contribution < 1.29 is 33.2 Å². The zero-order valence-corrected chi connectivity index (χ0v) is 20.7.